The summed E-state index contributed by atoms with van der Waals surface area (Å²) in [7, 11) is 1.29. The fraction of sp³-hybridized carbons (Fsp3) is 0.0800. The van der Waals surface area contributed by atoms with Crippen LogP contribution in [0.25, 0.3) is 36.8 Å². The van der Waals surface area contributed by atoms with Crippen LogP contribution in [-0.4, -0.2) is 33.4 Å². The van der Waals surface area contributed by atoms with E-state index in [9.17, 15) is 4.79 Å². The zero-order chi connectivity index (χ0) is 23.5. The number of amides is 1. The number of H-pyrrole nitrogens is 1. The van der Waals surface area contributed by atoms with Crippen molar-refractivity contribution in [3.8, 4) is 21.1 Å². The van der Waals surface area contributed by atoms with E-state index in [0.29, 0.717) is 23.8 Å². The van der Waals surface area contributed by atoms with Gasteiger partial charge in [-0.05, 0) is 46.0 Å². The van der Waals surface area contributed by atoms with Crippen molar-refractivity contribution in [2.45, 2.75) is 6.42 Å². The third-order valence-corrected chi connectivity index (χ3v) is 6.63. The Balaban J connectivity index is 1.62. The van der Waals surface area contributed by atoms with Gasteiger partial charge in [-0.3, -0.25) is 10.4 Å². The van der Waals surface area contributed by atoms with Crippen LogP contribution in [0.4, 0.5) is 16.3 Å². The minimum absolute atomic E-state index is 0.339. The quantitative estimate of drug-likeness (QED) is 0.307. The Morgan fingerprint density at radius 3 is 2.74 bits per heavy atom. The highest BCUT2D eigenvalue weighted by atomic mass is 32.1. The van der Waals surface area contributed by atoms with Crippen molar-refractivity contribution in [1.82, 2.24) is 20.2 Å². The Morgan fingerprint density at radius 2 is 1.97 bits per heavy atom. The maximum absolute atomic E-state index is 11.6. The van der Waals surface area contributed by atoms with Crippen LogP contribution in [0.3, 0.4) is 0 Å². The van der Waals surface area contributed by atoms with E-state index in [-0.39, 0.29) is 0 Å². The SMILES string of the molecule is [C-]#[N+]c1c(-c2ccnc(NC(=O)OC)c2)sc(-c2ncn[nH]2)c1Cc1ccc2ccccc2c1. The maximum Gasteiger partial charge on any atom is 0.412 e. The van der Waals surface area contributed by atoms with E-state index in [1.54, 1.807) is 12.3 Å². The second kappa shape index (κ2) is 9.13. The van der Waals surface area contributed by atoms with Crippen LogP contribution in [0.2, 0.25) is 0 Å². The molecule has 0 radical (unpaired) electrons. The van der Waals surface area contributed by atoms with Crippen LogP contribution < -0.4 is 5.32 Å². The monoisotopic (exact) mass is 466 g/mol. The Morgan fingerprint density at radius 1 is 1.12 bits per heavy atom. The predicted molar refractivity (Wildman–Crippen MR) is 132 cm³/mol. The van der Waals surface area contributed by atoms with Gasteiger partial charge in [0, 0.05) is 11.1 Å². The van der Waals surface area contributed by atoms with E-state index >= 15 is 0 Å². The molecule has 1 amide bonds. The molecule has 0 aliphatic rings. The number of methoxy groups -OCH3 is 1. The third-order valence-electron chi connectivity index (χ3n) is 5.35. The molecule has 0 atom stereocenters. The largest absolute Gasteiger partial charge is 0.453 e. The fourth-order valence-electron chi connectivity index (χ4n) is 3.79. The van der Waals surface area contributed by atoms with Crippen LogP contribution >= 0.6 is 11.3 Å². The Kier molecular flexibility index (Phi) is 5.72. The van der Waals surface area contributed by atoms with Gasteiger partial charge in [-0.25, -0.2) is 19.6 Å². The maximum atomic E-state index is 11.6. The minimum atomic E-state index is -0.611. The van der Waals surface area contributed by atoms with Crippen molar-refractivity contribution in [3.63, 3.8) is 0 Å². The number of carbonyl (C=O) groups excluding carboxylic acids is 1. The number of aromatic nitrogens is 4. The van der Waals surface area contributed by atoms with Crippen molar-refractivity contribution in [2.24, 2.45) is 0 Å². The number of anilines is 1. The molecule has 8 nitrogen and oxygen atoms in total. The number of rotatable bonds is 5. The molecule has 5 aromatic rings. The number of aromatic amines is 1. The number of hydrogen-bond donors (Lipinski definition) is 2. The molecular formula is C25H18N6O2S. The summed E-state index contributed by atoms with van der Waals surface area (Å²) in [5, 5.41) is 11.8. The summed E-state index contributed by atoms with van der Waals surface area (Å²) >= 11 is 1.46. The van der Waals surface area contributed by atoms with Crippen LogP contribution in [0.5, 0.6) is 0 Å². The van der Waals surface area contributed by atoms with Crippen molar-refractivity contribution >= 4 is 39.7 Å². The summed E-state index contributed by atoms with van der Waals surface area (Å²) in [6.45, 7) is 7.99. The molecule has 34 heavy (non-hydrogen) atoms. The molecule has 0 aliphatic carbocycles. The van der Waals surface area contributed by atoms with Gasteiger partial charge in [0.2, 0.25) is 5.69 Å². The lowest BCUT2D eigenvalue weighted by molar-refractivity contribution is 0.187. The average Bonchev–Trinajstić information content (AvgIpc) is 3.52. The zero-order valence-corrected chi connectivity index (χ0v) is 18.9. The molecule has 9 heteroatoms. The molecule has 0 saturated heterocycles. The smallest absolute Gasteiger partial charge is 0.412 e. The molecule has 0 spiro atoms. The summed E-state index contributed by atoms with van der Waals surface area (Å²) in [6.07, 6.45) is 3.00. The molecule has 2 N–H and O–H groups in total. The van der Waals surface area contributed by atoms with Crippen LogP contribution in [0.1, 0.15) is 11.1 Å². The van der Waals surface area contributed by atoms with Crippen LogP contribution in [0, 0.1) is 6.57 Å². The van der Waals surface area contributed by atoms with Crippen molar-refractivity contribution in [1.29, 1.82) is 0 Å². The predicted octanol–water partition coefficient (Wildman–Crippen LogP) is 6.07. The van der Waals surface area contributed by atoms with Gasteiger partial charge in [0.1, 0.15) is 12.1 Å². The number of carbonyl (C=O) groups is 1. The molecule has 3 aromatic heterocycles. The lowest BCUT2D eigenvalue weighted by Gasteiger charge is -2.07. The first-order valence-electron chi connectivity index (χ1n) is 10.3. The van der Waals surface area contributed by atoms with Gasteiger partial charge in [0.25, 0.3) is 0 Å². The van der Waals surface area contributed by atoms with E-state index in [1.165, 1.54) is 30.2 Å². The van der Waals surface area contributed by atoms with Gasteiger partial charge in [-0.2, -0.15) is 5.10 Å². The summed E-state index contributed by atoms with van der Waals surface area (Å²) < 4.78 is 4.66. The van der Waals surface area contributed by atoms with E-state index in [1.807, 2.05) is 18.2 Å². The first-order chi connectivity index (χ1) is 16.7. The van der Waals surface area contributed by atoms with E-state index in [2.05, 4.69) is 65.4 Å². The number of nitrogens with one attached hydrogen (secondary N) is 2. The molecule has 0 aliphatic heterocycles. The van der Waals surface area contributed by atoms with Gasteiger partial charge in [0.05, 0.1) is 18.6 Å². The molecule has 166 valence electrons. The normalized spacial score (nSPS) is 10.7. The molecule has 2 aromatic carbocycles. The highest BCUT2D eigenvalue weighted by molar-refractivity contribution is 7.19. The Bertz CT molecular complexity index is 1540. The third kappa shape index (κ3) is 4.10. The van der Waals surface area contributed by atoms with Gasteiger partial charge in [0.15, 0.2) is 5.82 Å². The summed E-state index contributed by atoms with van der Waals surface area (Å²) in [5.74, 6) is 0.949. The number of ether oxygens (including phenoxy) is 1. The van der Waals surface area contributed by atoms with Gasteiger partial charge in [-0.1, -0.05) is 42.5 Å². The van der Waals surface area contributed by atoms with E-state index in [4.69, 9.17) is 6.57 Å². The molecule has 0 fully saturated rings. The second-order valence-corrected chi connectivity index (χ2v) is 8.46. The number of thiophene rings is 1. The number of hydrogen-bond acceptors (Lipinski definition) is 6. The number of benzene rings is 2. The Hall–Kier alpha value is -4.55. The highest BCUT2D eigenvalue weighted by Gasteiger charge is 2.23. The first-order valence-corrected chi connectivity index (χ1v) is 11.2. The number of pyridine rings is 1. The highest BCUT2D eigenvalue weighted by Crippen LogP contribution is 2.47. The van der Waals surface area contributed by atoms with Crippen LogP contribution in [0.15, 0.2) is 67.1 Å². The molecular weight excluding hydrogens is 448 g/mol. The van der Waals surface area contributed by atoms with Gasteiger partial charge >= 0.3 is 6.09 Å². The Labute approximate surface area is 199 Å². The summed E-state index contributed by atoms with van der Waals surface area (Å²) in [5.41, 5.74) is 3.28. The van der Waals surface area contributed by atoms with Crippen molar-refractivity contribution in [2.75, 3.05) is 12.4 Å². The molecule has 3 heterocycles. The topological polar surface area (TPSA) is 97.2 Å². The van der Waals surface area contributed by atoms with E-state index in [0.717, 1.165) is 31.8 Å². The number of nitrogens with zero attached hydrogens (tertiary/aromatic N) is 4. The molecule has 0 saturated carbocycles. The van der Waals surface area contributed by atoms with Crippen molar-refractivity contribution < 1.29 is 9.53 Å². The molecule has 0 unspecified atom stereocenters. The summed E-state index contributed by atoms with van der Waals surface area (Å²) in [4.78, 5) is 25.7. The van der Waals surface area contributed by atoms with Gasteiger partial charge < -0.3 is 4.74 Å². The van der Waals surface area contributed by atoms with E-state index < -0.39 is 6.09 Å². The standard InChI is InChI=1S/C25H18N6O2S/c1-26-21-19(12-15-7-8-16-5-3-4-6-17(16)11-15)23(24-28-14-29-31-24)34-22(21)18-9-10-27-20(13-18)30-25(32)33-2/h3-11,13-14H,12H2,2H3,(H,27,30,32)(H,28,29,31). The van der Waals surface area contributed by atoms with Gasteiger partial charge in [-0.15, -0.1) is 11.3 Å². The summed E-state index contributed by atoms with van der Waals surface area (Å²) in [6, 6.07) is 18.1. The van der Waals surface area contributed by atoms with Crippen LogP contribution in [-0.2, 0) is 11.2 Å². The molecule has 0 bridgehead atoms. The number of fused-ring (bicyclic) bond motifs is 1. The first kappa shape index (κ1) is 21.3. The van der Waals surface area contributed by atoms with Crippen molar-refractivity contribution in [3.05, 3.63) is 89.7 Å². The lowest BCUT2D eigenvalue weighted by atomic mass is 9.99. The zero-order valence-electron chi connectivity index (χ0n) is 18.1. The lowest BCUT2D eigenvalue weighted by Crippen LogP contribution is -2.11. The second-order valence-electron chi connectivity index (χ2n) is 7.44. The fourth-order valence-corrected chi connectivity index (χ4v) is 4.99. The average molecular weight is 467 g/mol. The minimum Gasteiger partial charge on any atom is -0.453 e. The molecule has 5 rings (SSSR count).